The Hall–Kier alpha value is -4.00. The van der Waals surface area contributed by atoms with Crippen LogP contribution in [0.4, 0.5) is 0 Å². The summed E-state index contributed by atoms with van der Waals surface area (Å²) < 4.78 is 12.5. The SMILES string of the molecule is C=C(C(=O)OC)C(Oc1nnnn1-c1ccccc1)c1cccc2ccccc12. The average Bonchev–Trinajstić information content (AvgIpc) is 3.25. The summed E-state index contributed by atoms with van der Waals surface area (Å²) in [6, 6.07) is 23.1. The van der Waals surface area contributed by atoms with Crippen molar-refractivity contribution in [1.82, 2.24) is 20.2 Å². The van der Waals surface area contributed by atoms with Crippen LogP contribution in [0.2, 0.25) is 0 Å². The maximum atomic E-state index is 12.3. The predicted molar refractivity (Wildman–Crippen MR) is 108 cm³/mol. The number of carbonyl (C=O) groups is 1. The van der Waals surface area contributed by atoms with Gasteiger partial charge in [-0.1, -0.05) is 72.3 Å². The number of para-hydroxylation sites is 1. The van der Waals surface area contributed by atoms with E-state index in [1.165, 1.54) is 11.8 Å². The fraction of sp³-hybridized carbons (Fsp3) is 0.0909. The smallest absolute Gasteiger partial charge is 0.341 e. The van der Waals surface area contributed by atoms with E-state index in [4.69, 9.17) is 9.47 Å². The van der Waals surface area contributed by atoms with Gasteiger partial charge in [-0.2, -0.15) is 4.68 Å². The molecule has 29 heavy (non-hydrogen) atoms. The summed E-state index contributed by atoms with van der Waals surface area (Å²) in [6.45, 7) is 3.91. The molecule has 0 aliphatic carbocycles. The number of ether oxygens (including phenoxy) is 2. The number of rotatable bonds is 6. The second kappa shape index (κ2) is 7.93. The van der Waals surface area contributed by atoms with E-state index in [9.17, 15) is 4.79 Å². The lowest BCUT2D eigenvalue weighted by molar-refractivity contribution is -0.137. The third kappa shape index (κ3) is 3.58. The Bertz CT molecular complexity index is 1170. The molecule has 0 N–H and O–H groups in total. The molecule has 0 spiro atoms. The van der Waals surface area contributed by atoms with E-state index in [0.29, 0.717) is 0 Å². The minimum absolute atomic E-state index is 0.138. The van der Waals surface area contributed by atoms with E-state index in [1.807, 2.05) is 72.8 Å². The highest BCUT2D eigenvalue weighted by Gasteiger charge is 2.27. The van der Waals surface area contributed by atoms with Crippen LogP contribution in [0.15, 0.2) is 84.9 Å². The summed E-state index contributed by atoms with van der Waals surface area (Å²) in [4.78, 5) is 12.3. The molecule has 1 aromatic heterocycles. The molecular weight excluding hydrogens is 368 g/mol. The summed E-state index contributed by atoms with van der Waals surface area (Å²) in [5.41, 5.74) is 1.64. The molecule has 7 heteroatoms. The van der Waals surface area contributed by atoms with Crippen molar-refractivity contribution in [3.8, 4) is 11.7 Å². The molecule has 4 aromatic rings. The Morgan fingerprint density at radius 1 is 1.00 bits per heavy atom. The highest BCUT2D eigenvalue weighted by atomic mass is 16.5. The number of aromatic nitrogens is 4. The molecule has 0 aliphatic heterocycles. The molecule has 0 bridgehead atoms. The van der Waals surface area contributed by atoms with Crippen molar-refractivity contribution in [2.75, 3.05) is 7.11 Å². The molecule has 1 heterocycles. The molecule has 0 aliphatic rings. The van der Waals surface area contributed by atoms with Crippen molar-refractivity contribution < 1.29 is 14.3 Å². The first kappa shape index (κ1) is 18.4. The maximum Gasteiger partial charge on any atom is 0.341 e. The molecule has 0 radical (unpaired) electrons. The topological polar surface area (TPSA) is 79.1 Å². The van der Waals surface area contributed by atoms with Crippen LogP contribution >= 0.6 is 0 Å². The van der Waals surface area contributed by atoms with E-state index < -0.39 is 12.1 Å². The second-order valence-electron chi connectivity index (χ2n) is 6.29. The molecule has 0 saturated heterocycles. The quantitative estimate of drug-likeness (QED) is 0.372. The highest BCUT2D eigenvalue weighted by molar-refractivity contribution is 5.92. The van der Waals surface area contributed by atoms with E-state index in [0.717, 1.165) is 22.0 Å². The van der Waals surface area contributed by atoms with Gasteiger partial charge in [0.05, 0.1) is 18.4 Å². The number of carbonyl (C=O) groups excluding carboxylic acids is 1. The highest BCUT2D eigenvalue weighted by Crippen LogP contribution is 2.32. The lowest BCUT2D eigenvalue weighted by Crippen LogP contribution is -2.19. The Morgan fingerprint density at radius 3 is 2.52 bits per heavy atom. The second-order valence-corrected chi connectivity index (χ2v) is 6.29. The minimum Gasteiger partial charge on any atom is -0.466 e. The standard InChI is InChI=1S/C22H18N4O3/c1-15(21(27)28-2)20(19-14-8-10-16-9-6-7-13-18(16)19)29-22-23-24-25-26(22)17-11-4-3-5-12-17/h3-14,20H,1H2,2H3. The third-order valence-corrected chi connectivity index (χ3v) is 4.53. The molecule has 4 rings (SSSR count). The molecule has 0 fully saturated rings. The fourth-order valence-electron chi connectivity index (χ4n) is 3.13. The zero-order chi connectivity index (χ0) is 20.2. The van der Waals surface area contributed by atoms with E-state index >= 15 is 0 Å². The summed E-state index contributed by atoms with van der Waals surface area (Å²) in [7, 11) is 1.31. The van der Waals surface area contributed by atoms with Gasteiger partial charge in [-0.05, 0) is 33.3 Å². The van der Waals surface area contributed by atoms with Crippen molar-refractivity contribution in [1.29, 1.82) is 0 Å². The Morgan fingerprint density at radius 2 is 1.72 bits per heavy atom. The van der Waals surface area contributed by atoms with Crippen LogP contribution in [0.5, 0.6) is 6.01 Å². The van der Waals surface area contributed by atoms with Crippen LogP contribution in [0.25, 0.3) is 16.5 Å². The van der Waals surface area contributed by atoms with Gasteiger partial charge in [0.2, 0.25) is 0 Å². The molecule has 0 saturated carbocycles. The average molecular weight is 386 g/mol. The van der Waals surface area contributed by atoms with Gasteiger partial charge < -0.3 is 9.47 Å². The fourth-order valence-corrected chi connectivity index (χ4v) is 3.13. The number of nitrogens with zero attached hydrogens (tertiary/aromatic N) is 4. The first-order valence-corrected chi connectivity index (χ1v) is 8.94. The lowest BCUT2D eigenvalue weighted by Gasteiger charge is -2.21. The van der Waals surface area contributed by atoms with Gasteiger partial charge in [0.25, 0.3) is 0 Å². The van der Waals surface area contributed by atoms with Gasteiger partial charge in [0.1, 0.15) is 0 Å². The van der Waals surface area contributed by atoms with Crippen molar-refractivity contribution >= 4 is 16.7 Å². The molecule has 0 amide bonds. The van der Waals surface area contributed by atoms with Gasteiger partial charge in [-0.25, -0.2) is 4.79 Å². The summed E-state index contributed by atoms with van der Waals surface area (Å²) >= 11 is 0. The number of methoxy groups -OCH3 is 1. The first-order valence-electron chi connectivity index (χ1n) is 8.94. The van der Waals surface area contributed by atoms with Crippen molar-refractivity contribution in [2.45, 2.75) is 6.10 Å². The van der Waals surface area contributed by atoms with Gasteiger partial charge in [0.15, 0.2) is 6.10 Å². The minimum atomic E-state index is -0.831. The Balaban J connectivity index is 1.80. The number of hydrogen-bond acceptors (Lipinski definition) is 6. The van der Waals surface area contributed by atoms with Gasteiger partial charge >= 0.3 is 12.0 Å². The van der Waals surface area contributed by atoms with Gasteiger partial charge in [0, 0.05) is 5.56 Å². The van der Waals surface area contributed by atoms with E-state index in [-0.39, 0.29) is 11.6 Å². The van der Waals surface area contributed by atoms with Crippen molar-refractivity contribution in [3.05, 3.63) is 90.5 Å². The number of benzene rings is 3. The molecule has 1 atom stereocenters. The maximum absolute atomic E-state index is 12.3. The summed E-state index contributed by atoms with van der Waals surface area (Å²) in [6.07, 6.45) is -0.831. The molecule has 1 unspecified atom stereocenters. The zero-order valence-electron chi connectivity index (χ0n) is 15.7. The normalized spacial score (nSPS) is 11.8. The Kier molecular flexibility index (Phi) is 5.03. The van der Waals surface area contributed by atoms with Gasteiger partial charge in [-0.15, -0.1) is 0 Å². The van der Waals surface area contributed by atoms with Crippen LogP contribution in [0.3, 0.4) is 0 Å². The Labute approximate surface area is 167 Å². The van der Waals surface area contributed by atoms with E-state index in [1.54, 1.807) is 0 Å². The summed E-state index contributed by atoms with van der Waals surface area (Å²) in [5, 5.41) is 13.7. The van der Waals surface area contributed by atoms with Crippen LogP contribution in [0.1, 0.15) is 11.7 Å². The predicted octanol–water partition coefficient (Wildman–Crippen LogP) is 3.66. The van der Waals surface area contributed by atoms with E-state index in [2.05, 4.69) is 22.1 Å². The number of fused-ring (bicyclic) bond motifs is 1. The van der Waals surface area contributed by atoms with Crippen LogP contribution in [-0.2, 0) is 9.53 Å². The summed E-state index contributed by atoms with van der Waals surface area (Å²) in [5.74, 6) is -0.568. The number of esters is 1. The number of tetrazole rings is 1. The van der Waals surface area contributed by atoms with Crippen LogP contribution < -0.4 is 4.74 Å². The molecule has 3 aromatic carbocycles. The van der Waals surface area contributed by atoms with Crippen molar-refractivity contribution in [2.24, 2.45) is 0 Å². The third-order valence-electron chi connectivity index (χ3n) is 4.53. The van der Waals surface area contributed by atoms with Crippen molar-refractivity contribution in [3.63, 3.8) is 0 Å². The zero-order valence-corrected chi connectivity index (χ0v) is 15.7. The first-order chi connectivity index (χ1) is 14.2. The van der Waals surface area contributed by atoms with Crippen LogP contribution in [0, 0.1) is 0 Å². The number of hydrogen-bond donors (Lipinski definition) is 0. The molecule has 7 nitrogen and oxygen atoms in total. The van der Waals surface area contributed by atoms with Gasteiger partial charge in [-0.3, -0.25) is 0 Å². The lowest BCUT2D eigenvalue weighted by atomic mass is 9.96. The largest absolute Gasteiger partial charge is 0.466 e. The molecule has 144 valence electrons. The monoisotopic (exact) mass is 386 g/mol. The molecular formula is C22H18N4O3. The van der Waals surface area contributed by atoms with Crippen LogP contribution in [-0.4, -0.2) is 33.3 Å².